The fourth-order valence-electron chi connectivity index (χ4n) is 3.24. The first kappa shape index (κ1) is 27.6. The van der Waals surface area contributed by atoms with Gasteiger partial charge >= 0.3 is 0 Å². The normalized spacial score (nSPS) is 12.3. The fraction of sp³-hybridized carbons (Fsp3) is 0.417. The Morgan fingerprint density at radius 3 is 2.44 bits per heavy atom. The summed E-state index contributed by atoms with van der Waals surface area (Å²) in [6.45, 7) is 3.85. The smallest absolute Gasteiger partial charge is 0.243 e. The zero-order chi connectivity index (χ0) is 25.3. The van der Waals surface area contributed by atoms with Gasteiger partial charge in [0.05, 0.1) is 18.6 Å². The second kappa shape index (κ2) is 12.7. The number of halogens is 1. The van der Waals surface area contributed by atoms with Crippen molar-refractivity contribution in [3.63, 3.8) is 0 Å². The molecule has 186 valence electrons. The van der Waals surface area contributed by atoms with Gasteiger partial charge in [-0.25, -0.2) is 8.42 Å². The van der Waals surface area contributed by atoms with Crippen molar-refractivity contribution in [2.24, 2.45) is 0 Å². The quantitative estimate of drug-likeness (QED) is 0.443. The number of hydrogen-bond acceptors (Lipinski definition) is 5. The molecule has 2 amide bonds. The van der Waals surface area contributed by atoms with Gasteiger partial charge in [0.25, 0.3) is 0 Å². The molecule has 0 fully saturated rings. The number of unbranched alkanes of at least 4 members (excludes halogenated alkanes) is 1. The number of rotatable bonds is 12. The minimum atomic E-state index is -3.92. The molecule has 10 heteroatoms. The average molecular weight is 510 g/mol. The molecule has 0 aliphatic carbocycles. The summed E-state index contributed by atoms with van der Waals surface area (Å²) in [6.07, 6.45) is 1.75. The third kappa shape index (κ3) is 7.44. The van der Waals surface area contributed by atoms with Crippen LogP contribution in [0.15, 0.2) is 53.4 Å². The number of nitrogens with one attached hydrogen (secondary N) is 1. The summed E-state index contributed by atoms with van der Waals surface area (Å²) < 4.78 is 32.1. The molecule has 2 rings (SSSR count). The van der Waals surface area contributed by atoms with Crippen molar-refractivity contribution in [1.29, 1.82) is 0 Å². The van der Waals surface area contributed by atoms with Crippen LogP contribution in [-0.2, 0) is 26.2 Å². The Kier molecular flexibility index (Phi) is 10.3. The number of benzene rings is 2. The molecule has 0 aliphatic rings. The van der Waals surface area contributed by atoms with Crippen LogP contribution in [0.5, 0.6) is 5.75 Å². The first-order valence-electron chi connectivity index (χ1n) is 11.0. The van der Waals surface area contributed by atoms with Crippen molar-refractivity contribution >= 4 is 33.4 Å². The molecule has 2 aromatic rings. The molecule has 0 spiro atoms. The van der Waals surface area contributed by atoms with E-state index in [4.69, 9.17) is 16.3 Å². The standard InChI is InChI=1S/C24H32ClN3O5S/c1-5-6-14-26-24(30)18(2)28(16-19-8-7-9-21(15-19)33-4)23(29)17-27(3)34(31,32)22-12-10-20(25)11-13-22/h7-13,15,18H,5-6,14,16-17H2,1-4H3,(H,26,30)/t18-/m0/s1. The Morgan fingerprint density at radius 2 is 1.82 bits per heavy atom. The summed E-state index contributed by atoms with van der Waals surface area (Å²) in [5.74, 6) is -0.179. The lowest BCUT2D eigenvalue weighted by molar-refractivity contribution is -0.140. The van der Waals surface area contributed by atoms with Gasteiger partial charge in [-0.1, -0.05) is 37.1 Å². The molecule has 34 heavy (non-hydrogen) atoms. The van der Waals surface area contributed by atoms with E-state index in [2.05, 4.69) is 5.32 Å². The highest BCUT2D eigenvalue weighted by Crippen LogP contribution is 2.19. The van der Waals surface area contributed by atoms with Crippen LogP contribution >= 0.6 is 11.6 Å². The van der Waals surface area contributed by atoms with Gasteiger partial charge in [-0.2, -0.15) is 4.31 Å². The van der Waals surface area contributed by atoms with E-state index in [0.29, 0.717) is 17.3 Å². The molecule has 1 N–H and O–H groups in total. The lowest BCUT2D eigenvalue weighted by Crippen LogP contribution is -2.50. The number of hydrogen-bond donors (Lipinski definition) is 1. The molecule has 0 aliphatic heterocycles. The highest BCUT2D eigenvalue weighted by atomic mass is 35.5. The minimum absolute atomic E-state index is 0.0249. The van der Waals surface area contributed by atoms with E-state index < -0.39 is 28.5 Å². The number of carbonyl (C=O) groups is 2. The Hall–Kier alpha value is -2.62. The fourth-order valence-corrected chi connectivity index (χ4v) is 4.49. The Labute approximate surface area is 206 Å². The predicted molar refractivity (Wildman–Crippen MR) is 132 cm³/mol. The molecule has 0 unspecified atom stereocenters. The Bertz CT molecular complexity index is 1080. The molecular formula is C24H32ClN3O5S. The largest absolute Gasteiger partial charge is 0.497 e. The van der Waals surface area contributed by atoms with Crippen molar-refractivity contribution in [1.82, 2.24) is 14.5 Å². The third-order valence-corrected chi connectivity index (χ3v) is 7.43. The number of sulfonamides is 1. The van der Waals surface area contributed by atoms with Crippen LogP contribution < -0.4 is 10.1 Å². The first-order valence-corrected chi connectivity index (χ1v) is 12.8. The van der Waals surface area contributed by atoms with Crippen molar-refractivity contribution in [2.45, 2.75) is 44.2 Å². The molecule has 0 heterocycles. The van der Waals surface area contributed by atoms with Crippen LogP contribution in [0.4, 0.5) is 0 Å². The number of methoxy groups -OCH3 is 1. The molecule has 0 aromatic heterocycles. The van der Waals surface area contributed by atoms with E-state index in [1.165, 1.54) is 36.2 Å². The van der Waals surface area contributed by atoms with E-state index >= 15 is 0 Å². The molecule has 0 saturated carbocycles. The number of carbonyl (C=O) groups excluding carboxylic acids is 2. The van der Waals surface area contributed by atoms with Crippen LogP contribution in [0.1, 0.15) is 32.3 Å². The molecule has 0 bridgehead atoms. The van der Waals surface area contributed by atoms with Crippen LogP contribution in [0, 0.1) is 0 Å². The highest BCUT2D eigenvalue weighted by molar-refractivity contribution is 7.89. The van der Waals surface area contributed by atoms with E-state index in [-0.39, 0.29) is 17.3 Å². The Morgan fingerprint density at radius 1 is 1.15 bits per heavy atom. The lowest BCUT2D eigenvalue weighted by Gasteiger charge is -2.30. The van der Waals surface area contributed by atoms with Gasteiger partial charge < -0.3 is 15.0 Å². The topological polar surface area (TPSA) is 96.0 Å². The first-order chi connectivity index (χ1) is 16.1. The average Bonchev–Trinajstić information content (AvgIpc) is 2.82. The van der Waals surface area contributed by atoms with E-state index in [0.717, 1.165) is 22.7 Å². The van der Waals surface area contributed by atoms with Crippen molar-refractivity contribution < 1.29 is 22.7 Å². The SMILES string of the molecule is CCCCNC(=O)[C@H](C)N(Cc1cccc(OC)c1)C(=O)CN(C)S(=O)(=O)c1ccc(Cl)cc1. The van der Waals surface area contributed by atoms with E-state index in [9.17, 15) is 18.0 Å². The highest BCUT2D eigenvalue weighted by Gasteiger charge is 2.30. The summed E-state index contributed by atoms with van der Waals surface area (Å²) in [6, 6.07) is 12.1. The zero-order valence-electron chi connectivity index (χ0n) is 20.0. The molecule has 1 atom stereocenters. The van der Waals surface area contributed by atoms with Crippen molar-refractivity contribution in [3.05, 3.63) is 59.1 Å². The second-order valence-corrected chi connectivity index (χ2v) is 10.4. The van der Waals surface area contributed by atoms with Gasteiger partial charge in [0.1, 0.15) is 11.8 Å². The van der Waals surface area contributed by atoms with E-state index in [1.54, 1.807) is 32.2 Å². The summed E-state index contributed by atoms with van der Waals surface area (Å²) in [4.78, 5) is 27.5. The summed E-state index contributed by atoms with van der Waals surface area (Å²) in [5.41, 5.74) is 0.754. The molecule has 0 saturated heterocycles. The van der Waals surface area contributed by atoms with E-state index in [1.807, 2.05) is 13.0 Å². The molecular weight excluding hydrogens is 478 g/mol. The maximum absolute atomic E-state index is 13.3. The molecule has 0 radical (unpaired) electrons. The number of amides is 2. The summed E-state index contributed by atoms with van der Waals surface area (Å²) in [7, 11) is -1.05. The zero-order valence-corrected chi connectivity index (χ0v) is 21.5. The van der Waals surface area contributed by atoms with Crippen LogP contribution in [-0.4, -0.2) is 62.7 Å². The number of likely N-dealkylation sites (N-methyl/N-ethyl adjacent to an activating group) is 1. The van der Waals surface area contributed by atoms with Gasteiger partial charge in [-0.05, 0) is 55.3 Å². The van der Waals surface area contributed by atoms with Gasteiger partial charge in [-0.15, -0.1) is 0 Å². The minimum Gasteiger partial charge on any atom is -0.497 e. The van der Waals surface area contributed by atoms with Gasteiger partial charge in [-0.3, -0.25) is 9.59 Å². The van der Waals surface area contributed by atoms with Gasteiger partial charge in [0.15, 0.2) is 0 Å². The lowest BCUT2D eigenvalue weighted by atomic mass is 10.1. The van der Waals surface area contributed by atoms with Crippen molar-refractivity contribution in [3.8, 4) is 5.75 Å². The second-order valence-electron chi connectivity index (χ2n) is 7.91. The monoisotopic (exact) mass is 509 g/mol. The summed E-state index contributed by atoms with van der Waals surface area (Å²) in [5, 5.41) is 3.25. The third-order valence-electron chi connectivity index (χ3n) is 5.36. The van der Waals surface area contributed by atoms with Gasteiger partial charge in [0, 0.05) is 25.2 Å². The van der Waals surface area contributed by atoms with Crippen LogP contribution in [0.3, 0.4) is 0 Å². The maximum Gasteiger partial charge on any atom is 0.243 e. The van der Waals surface area contributed by atoms with Crippen LogP contribution in [0.25, 0.3) is 0 Å². The summed E-state index contributed by atoms with van der Waals surface area (Å²) >= 11 is 5.86. The molecule has 2 aromatic carbocycles. The maximum atomic E-state index is 13.3. The number of ether oxygens (including phenoxy) is 1. The number of nitrogens with zero attached hydrogens (tertiary/aromatic N) is 2. The van der Waals surface area contributed by atoms with Crippen LogP contribution in [0.2, 0.25) is 5.02 Å². The molecule has 8 nitrogen and oxygen atoms in total. The Balaban J connectivity index is 2.26. The van der Waals surface area contributed by atoms with Gasteiger partial charge in [0.2, 0.25) is 21.8 Å². The predicted octanol–water partition coefficient (Wildman–Crippen LogP) is 3.30. The van der Waals surface area contributed by atoms with Crippen molar-refractivity contribution in [2.75, 3.05) is 27.2 Å².